The molecule has 0 aromatic heterocycles. The molecule has 20 heavy (non-hydrogen) atoms. The molecule has 1 fully saturated rings. The van der Waals surface area contributed by atoms with Gasteiger partial charge in [-0.05, 0) is 60.7 Å². The van der Waals surface area contributed by atoms with Crippen LogP contribution in [0.25, 0.3) is 0 Å². The van der Waals surface area contributed by atoms with Crippen molar-refractivity contribution in [3.63, 3.8) is 0 Å². The van der Waals surface area contributed by atoms with E-state index in [1.165, 1.54) is 0 Å². The van der Waals surface area contributed by atoms with Gasteiger partial charge in [-0.1, -0.05) is 6.92 Å². The molecule has 0 radical (unpaired) electrons. The minimum absolute atomic E-state index is 0.168. The van der Waals surface area contributed by atoms with Gasteiger partial charge in [0.1, 0.15) is 0 Å². The minimum Gasteiger partial charge on any atom is -0.465 e. The van der Waals surface area contributed by atoms with Gasteiger partial charge in [-0.3, -0.25) is 4.79 Å². The maximum atomic E-state index is 11.7. The number of hydrogen-bond donors (Lipinski definition) is 0. The van der Waals surface area contributed by atoms with Gasteiger partial charge >= 0.3 is 13.1 Å². The van der Waals surface area contributed by atoms with Crippen LogP contribution < -0.4 is 0 Å². The van der Waals surface area contributed by atoms with Crippen molar-refractivity contribution in [2.75, 3.05) is 6.61 Å². The lowest BCUT2D eigenvalue weighted by atomic mass is 9.71. The molecule has 0 bridgehead atoms. The fourth-order valence-electron chi connectivity index (χ4n) is 1.81. The summed E-state index contributed by atoms with van der Waals surface area (Å²) >= 11 is 0. The molecule has 1 heterocycles. The molecule has 4 nitrogen and oxygen atoms in total. The van der Waals surface area contributed by atoms with Crippen LogP contribution in [0.2, 0.25) is 5.82 Å². The van der Waals surface area contributed by atoms with Crippen molar-refractivity contribution in [1.29, 1.82) is 0 Å². The van der Waals surface area contributed by atoms with Gasteiger partial charge in [-0.25, -0.2) is 0 Å². The van der Waals surface area contributed by atoms with Crippen molar-refractivity contribution in [1.82, 2.24) is 0 Å². The Morgan fingerprint density at radius 2 is 1.60 bits per heavy atom. The predicted molar refractivity (Wildman–Crippen MR) is 80.5 cm³/mol. The van der Waals surface area contributed by atoms with Crippen LogP contribution in [0.1, 0.15) is 61.8 Å². The van der Waals surface area contributed by atoms with Crippen LogP contribution in [0.5, 0.6) is 0 Å². The molecule has 1 saturated heterocycles. The van der Waals surface area contributed by atoms with Crippen LogP contribution >= 0.6 is 0 Å². The molecule has 0 saturated carbocycles. The number of hydrogen-bond acceptors (Lipinski definition) is 4. The van der Waals surface area contributed by atoms with Crippen LogP contribution in [0.15, 0.2) is 0 Å². The fourth-order valence-corrected chi connectivity index (χ4v) is 1.81. The number of esters is 1. The van der Waals surface area contributed by atoms with Gasteiger partial charge in [0, 0.05) is 0 Å². The molecular formula is C15H29BO4. The third-order valence-electron chi connectivity index (χ3n) is 4.15. The summed E-state index contributed by atoms with van der Waals surface area (Å²) in [6.07, 6.45) is 0.735. The van der Waals surface area contributed by atoms with Crippen LogP contribution in [0.4, 0.5) is 0 Å². The monoisotopic (exact) mass is 284 g/mol. The first-order valence-corrected chi connectivity index (χ1v) is 7.40. The highest BCUT2D eigenvalue weighted by molar-refractivity contribution is 6.47. The summed E-state index contributed by atoms with van der Waals surface area (Å²) < 4.78 is 17.3. The van der Waals surface area contributed by atoms with Gasteiger partial charge in [0.15, 0.2) is 0 Å². The molecule has 0 unspecified atom stereocenters. The minimum atomic E-state index is -0.451. The van der Waals surface area contributed by atoms with Gasteiger partial charge in [0.2, 0.25) is 0 Å². The third-order valence-corrected chi connectivity index (χ3v) is 4.15. The third kappa shape index (κ3) is 3.98. The Kier molecular flexibility index (Phi) is 4.97. The lowest BCUT2D eigenvalue weighted by Gasteiger charge is -2.32. The molecule has 1 rings (SSSR count). The largest absolute Gasteiger partial charge is 0.465 e. The molecule has 0 amide bonds. The van der Waals surface area contributed by atoms with Crippen molar-refractivity contribution < 1.29 is 18.8 Å². The number of carbonyl (C=O) groups is 1. The van der Waals surface area contributed by atoms with E-state index in [-0.39, 0.29) is 30.1 Å². The lowest BCUT2D eigenvalue weighted by molar-refractivity contribution is -0.153. The van der Waals surface area contributed by atoms with E-state index in [4.69, 9.17) is 14.0 Å². The standard InChI is InChI=1S/C15H29BO4/c1-11(9-10-18-12(17)13(2,3)4)16-19-14(5,6)15(7,8)20-16/h11H,9-10H2,1-8H3/t11-/m0/s1. The van der Waals surface area contributed by atoms with Crippen molar-refractivity contribution in [2.24, 2.45) is 5.41 Å². The van der Waals surface area contributed by atoms with E-state index in [1.807, 2.05) is 48.5 Å². The average molecular weight is 284 g/mol. The van der Waals surface area contributed by atoms with E-state index >= 15 is 0 Å². The average Bonchev–Trinajstić information content (AvgIpc) is 2.46. The van der Waals surface area contributed by atoms with Gasteiger partial charge in [-0.15, -0.1) is 0 Å². The van der Waals surface area contributed by atoms with Gasteiger partial charge < -0.3 is 14.0 Å². The SMILES string of the molecule is C[C@@H](CCOC(=O)C(C)(C)C)B1OC(C)(C)C(C)(C)O1. The molecular weight excluding hydrogens is 255 g/mol. The van der Waals surface area contributed by atoms with Crippen molar-refractivity contribution in [2.45, 2.75) is 78.8 Å². The Morgan fingerprint density at radius 3 is 2.00 bits per heavy atom. The van der Waals surface area contributed by atoms with Gasteiger partial charge in [0.05, 0.1) is 23.2 Å². The smallest absolute Gasteiger partial charge is 0.461 e. The highest BCUT2D eigenvalue weighted by Crippen LogP contribution is 2.40. The molecule has 5 heteroatoms. The summed E-state index contributed by atoms with van der Waals surface area (Å²) in [4.78, 5) is 11.7. The Labute approximate surface area is 123 Å². The van der Waals surface area contributed by atoms with E-state index in [9.17, 15) is 4.79 Å². The zero-order chi connectivity index (χ0) is 15.8. The van der Waals surface area contributed by atoms with E-state index in [1.54, 1.807) is 0 Å². The highest BCUT2D eigenvalue weighted by Gasteiger charge is 2.52. The summed E-state index contributed by atoms with van der Waals surface area (Å²) in [5, 5.41) is 0. The number of rotatable bonds is 4. The zero-order valence-electron chi connectivity index (χ0n) is 14.2. The second kappa shape index (κ2) is 5.68. The van der Waals surface area contributed by atoms with Crippen molar-refractivity contribution in [3.8, 4) is 0 Å². The Morgan fingerprint density at radius 1 is 1.15 bits per heavy atom. The molecule has 0 aromatic carbocycles. The summed E-state index contributed by atoms with van der Waals surface area (Å²) in [5.74, 6) is 0.0161. The molecule has 116 valence electrons. The first-order chi connectivity index (χ1) is 8.87. The number of carbonyl (C=O) groups excluding carboxylic acids is 1. The Balaban J connectivity index is 2.42. The molecule has 0 aromatic rings. The summed E-state index contributed by atoms with van der Waals surface area (Å²) in [5.41, 5.74) is -1.07. The molecule has 1 aliphatic heterocycles. The first kappa shape index (κ1) is 17.5. The summed E-state index contributed by atoms with van der Waals surface area (Å²) in [7, 11) is -0.242. The van der Waals surface area contributed by atoms with Crippen molar-refractivity contribution in [3.05, 3.63) is 0 Å². The van der Waals surface area contributed by atoms with E-state index in [0.717, 1.165) is 6.42 Å². The van der Waals surface area contributed by atoms with E-state index in [0.29, 0.717) is 6.61 Å². The maximum absolute atomic E-state index is 11.7. The van der Waals surface area contributed by atoms with Gasteiger partial charge in [0.25, 0.3) is 0 Å². The van der Waals surface area contributed by atoms with Crippen LogP contribution in [0, 0.1) is 5.41 Å². The Hall–Kier alpha value is -0.545. The molecule has 0 spiro atoms. The molecule has 1 atom stereocenters. The summed E-state index contributed by atoms with van der Waals surface area (Å²) in [6.45, 7) is 16.2. The quantitative estimate of drug-likeness (QED) is 0.586. The zero-order valence-corrected chi connectivity index (χ0v) is 14.2. The molecule has 0 aliphatic carbocycles. The fraction of sp³-hybridized carbons (Fsp3) is 0.933. The van der Waals surface area contributed by atoms with Crippen LogP contribution in [-0.4, -0.2) is 30.9 Å². The normalized spacial score (nSPS) is 22.7. The van der Waals surface area contributed by atoms with E-state index in [2.05, 4.69) is 6.92 Å². The Bertz CT molecular complexity index is 341. The molecule has 0 N–H and O–H groups in total. The van der Waals surface area contributed by atoms with Crippen molar-refractivity contribution >= 4 is 13.1 Å². The lowest BCUT2D eigenvalue weighted by Crippen LogP contribution is -2.41. The second-order valence-electron chi connectivity index (χ2n) is 7.78. The number of ether oxygens (including phenoxy) is 1. The predicted octanol–water partition coefficient (Wildman–Crippen LogP) is 3.45. The topological polar surface area (TPSA) is 44.8 Å². The van der Waals surface area contributed by atoms with E-state index < -0.39 is 5.41 Å². The maximum Gasteiger partial charge on any atom is 0.461 e. The molecule has 1 aliphatic rings. The second-order valence-corrected chi connectivity index (χ2v) is 7.78. The van der Waals surface area contributed by atoms with Crippen LogP contribution in [-0.2, 0) is 18.8 Å². The highest BCUT2D eigenvalue weighted by atomic mass is 16.7. The van der Waals surface area contributed by atoms with Gasteiger partial charge in [-0.2, -0.15) is 0 Å². The van der Waals surface area contributed by atoms with Crippen LogP contribution in [0.3, 0.4) is 0 Å². The first-order valence-electron chi connectivity index (χ1n) is 7.40. The summed E-state index contributed by atoms with van der Waals surface area (Å²) in [6, 6.07) is 0.